The second-order valence-electron chi connectivity index (χ2n) is 10.6. The Labute approximate surface area is 254 Å². The molecule has 2 aliphatic heterocycles. The fourth-order valence-corrected chi connectivity index (χ4v) is 5.49. The van der Waals surface area contributed by atoms with Crippen molar-refractivity contribution in [2.75, 3.05) is 20.8 Å². The number of carbonyl (C=O) groups excluding carboxylic acids is 1. The van der Waals surface area contributed by atoms with E-state index in [9.17, 15) is 4.79 Å². The van der Waals surface area contributed by atoms with Crippen LogP contribution >= 0.6 is 0 Å². The van der Waals surface area contributed by atoms with Gasteiger partial charge in [-0.15, -0.1) is 6.58 Å². The maximum Gasteiger partial charge on any atom is 0.303 e. The van der Waals surface area contributed by atoms with Gasteiger partial charge < -0.3 is 42.6 Å². The molecule has 0 saturated carbocycles. The molecule has 2 fully saturated rings. The molecule has 10 atom stereocenters. The fourth-order valence-electron chi connectivity index (χ4n) is 5.49. The van der Waals surface area contributed by atoms with E-state index in [-0.39, 0.29) is 6.61 Å². The van der Waals surface area contributed by atoms with E-state index in [0.29, 0.717) is 13.2 Å². The molecule has 0 amide bonds. The normalized spacial score (nSPS) is 32.7. The van der Waals surface area contributed by atoms with Gasteiger partial charge in [0.15, 0.2) is 18.7 Å². The van der Waals surface area contributed by atoms with Gasteiger partial charge in [0, 0.05) is 21.1 Å². The summed E-state index contributed by atoms with van der Waals surface area (Å²) in [7, 11) is 3.09. The van der Waals surface area contributed by atoms with Crippen molar-refractivity contribution < 1.29 is 47.4 Å². The van der Waals surface area contributed by atoms with Crippen molar-refractivity contribution in [1.29, 1.82) is 0 Å². The molecule has 43 heavy (non-hydrogen) atoms. The average Bonchev–Trinajstić information content (AvgIpc) is 3.01. The van der Waals surface area contributed by atoms with Crippen LogP contribution in [0.15, 0.2) is 73.3 Å². The van der Waals surface area contributed by atoms with Crippen molar-refractivity contribution in [1.82, 2.24) is 0 Å². The topological polar surface area (TPSA) is 100 Å². The molecule has 0 unspecified atom stereocenters. The average molecular weight is 601 g/mol. The van der Waals surface area contributed by atoms with Crippen LogP contribution in [0, 0.1) is 0 Å². The molecule has 2 aliphatic rings. The molecule has 2 heterocycles. The molecule has 0 aliphatic carbocycles. The lowest BCUT2D eigenvalue weighted by atomic mass is 9.96. The Bertz CT molecular complexity index is 1120. The number of benzene rings is 2. The number of rotatable bonds is 14. The van der Waals surface area contributed by atoms with Gasteiger partial charge in [-0.25, -0.2) is 0 Å². The van der Waals surface area contributed by atoms with E-state index in [4.69, 9.17) is 42.6 Å². The van der Waals surface area contributed by atoms with Crippen LogP contribution in [0.1, 0.15) is 31.9 Å². The van der Waals surface area contributed by atoms with Crippen LogP contribution in [0.5, 0.6) is 0 Å². The molecule has 10 nitrogen and oxygen atoms in total. The smallest absolute Gasteiger partial charge is 0.303 e. The largest absolute Gasteiger partial charge is 0.454 e. The standard InChI is InChI=1S/C33H44O10/c1-7-18-37-30-29(27(22(3)40-32(30)36-6)39-20-25-16-12-9-13-17-25)43-33-31(42-23(4)34)28(35-5)26(21(2)41-33)38-19-24-14-10-8-11-15-24/h7-17,21-22,26-33H,1,18-20H2,2-6H3/t21-,22-,26-,27-,28+,29+,30+,31+,32+,33-/m0/s1. The summed E-state index contributed by atoms with van der Waals surface area (Å²) in [6, 6.07) is 19.6. The van der Waals surface area contributed by atoms with E-state index >= 15 is 0 Å². The van der Waals surface area contributed by atoms with Crippen molar-refractivity contribution in [3.8, 4) is 0 Å². The van der Waals surface area contributed by atoms with E-state index in [1.807, 2.05) is 74.5 Å². The monoisotopic (exact) mass is 600 g/mol. The van der Waals surface area contributed by atoms with Gasteiger partial charge in [0.25, 0.3) is 0 Å². The summed E-state index contributed by atoms with van der Waals surface area (Å²) < 4.78 is 55.4. The predicted octanol–water partition coefficient (Wildman–Crippen LogP) is 4.20. The predicted molar refractivity (Wildman–Crippen MR) is 157 cm³/mol. The molecular weight excluding hydrogens is 556 g/mol. The first kappa shape index (κ1) is 33.2. The molecule has 0 bridgehead atoms. The SMILES string of the molecule is C=CCO[C@H]1[C@H](OC)O[C@@H](C)[C@H](OCc2ccccc2)[C@H]1O[C@@H]1O[C@@H](C)[C@H](OCc2ccccc2)[C@@H](OC)[C@H]1OC(C)=O. The first-order valence-electron chi connectivity index (χ1n) is 14.6. The summed E-state index contributed by atoms with van der Waals surface area (Å²) in [5.41, 5.74) is 1.98. The van der Waals surface area contributed by atoms with Crippen molar-refractivity contribution in [2.24, 2.45) is 0 Å². The minimum absolute atomic E-state index is 0.221. The maximum absolute atomic E-state index is 12.3. The maximum atomic E-state index is 12.3. The van der Waals surface area contributed by atoms with Crippen LogP contribution in [0.3, 0.4) is 0 Å². The van der Waals surface area contributed by atoms with Crippen molar-refractivity contribution >= 4 is 5.97 Å². The number of esters is 1. The van der Waals surface area contributed by atoms with Gasteiger partial charge in [-0.05, 0) is 25.0 Å². The molecule has 10 heteroatoms. The molecular formula is C33H44O10. The summed E-state index contributed by atoms with van der Waals surface area (Å²) in [5.74, 6) is -0.507. The van der Waals surface area contributed by atoms with Gasteiger partial charge in [0.2, 0.25) is 0 Å². The van der Waals surface area contributed by atoms with Gasteiger partial charge in [0.05, 0.1) is 32.0 Å². The zero-order chi connectivity index (χ0) is 30.8. The first-order chi connectivity index (χ1) is 20.9. The molecule has 2 aromatic carbocycles. The van der Waals surface area contributed by atoms with Crippen LogP contribution in [0.4, 0.5) is 0 Å². The number of ether oxygens (including phenoxy) is 9. The van der Waals surface area contributed by atoms with E-state index in [1.54, 1.807) is 20.3 Å². The second-order valence-corrected chi connectivity index (χ2v) is 10.6. The van der Waals surface area contributed by atoms with Crippen LogP contribution < -0.4 is 0 Å². The lowest BCUT2D eigenvalue weighted by Crippen LogP contribution is -2.65. The van der Waals surface area contributed by atoms with Gasteiger partial charge >= 0.3 is 5.97 Å². The Morgan fingerprint density at radius 2 is 1.26 bits per heavy atom. The minimum Gasteiger partial charge on any atom is -0.454 e. The second kappa shape index (κ2) is 16.4. The summed E-state index contributed by atoms with van der Waals surface area (Å²) in [5, 5.41) is 0. The van der Waals surface area contributed by atoms with E-state index in [0.717, 1.165) is 11.1 Å². The van der Waals surface area contributed by atoms with Crippen molar-refractivity contribution in [3.63, 3.8) is 0 Å². The quantitative estimate of drug-likeness (QED) is 0.232. The van der Waals surface area contributed by atoms with Crippen LogP contribution in [-0.4, -0.2) is 88.2 Å². The highest BCUT2D eigenvalue weighted by Crippen LogP contribution is 2.35. The molecule has 0 aromatic heterocycles. The molecule has 0 radical (unpaired) electrons. The van der Waals surface area contributed by atoms with E-state index in [2.05, 4.69) is 6.58 Å². The van der Waals surface area contributed by atoms with Crippen LogP contribution in [0.25, 0.3) is 0 Å². The molecule has 236 valence electrons. The zero-order valence-electron chi connectivity index (χ0n) is 25.5. The fraction of sp³-hybridized carbons (Fsp3) is 0.545. The zero-order valence-corrected chi connectivity index (χ0v) is 25.5. The third-order valence-electron chi connectivity index (χ3n) is 7.53. The summed E-state index contributed by atoms with van der Waals surface area (Å²) >= 11 is 0. The molecule has 4 rings (SSSR count). The van der Waals surface area contributed by atoms with E-state index < -0.39 is 67.4 Å². The first-order valence-corrected chi connectivity index (χ1v) is 14.6. The highest BCUT2D eigenvalue weighted by molar-refractivity contribution is 5.66. The summed E-state index contributed by atoms with van der Waals surface area (Å²) in [6.45, 7) is 9.75. The molecule has 2 aromatic rings. The Hall–Kier alpha value is -2.67. The highest BCUT2D eigenvalue weighted by Gasteiger charge is 2.53. The Morgan fingerprint density at radius 3 is 1.74 bits per heavy atom. The summed E-state index contributed by atoms with van der Waals surface area (Å²) in [6.07, 6.45) is -5.31. The van der Waals surface area contributed by atoms with Crippen molar-refractivity contribution in [2.45, 2.75) is 95.4 Å². The van der Waals surface area contributed by atoms with Gasteiger partial charge in [-0.1, -0.05) is 66.7 Å². The van der Waals surface area contributed by atoms with Crippen LogP contribution in [-0.2, 0) is 60.6 Å². The van der Waals surface area contributed by atoms with Gasteiger partial charge in [-0.2, -0.15) is 0 Å². The number of hydrogen-bond donors (Lipinski definition) is 0. The van der Waals surface area contributed by atoms with E-state index in [1.165, 1.54) is 6.92 Å². The Kier molecular flexibility index (Phi) is 12.7. The number of hydrogen-bond acceptors (Lipinski definition) is 10. The Morgan fingerprint density at radius 1 is 0.721 bits per heavy atom. The lowest BCUT2D eigenvalue weighted by molar-refractivity contribution is -0.363. The third kappa shape index (κ3) is 8.71. The molecule has 0 N–H and O–H groups in total. The Balaban J connectivity index is 1.61. The van der Waals surface area contributed by atoms with Crippen LogP contribution in [0.2, 0.25) is 0 Å². The third-order valence-corrected chi connectivity index (χ3v) is 7.53. The number of methoxy groups -OCH3 is 2. The van der Waals surface area contributed by atoms with Gasteiger partial charge in [0.1, 0.15) is 30.5 Å². The molecule has 2 saturated heterocycles. The highest BCUT2D eigenvalue weighted by atomic mass is 16.8. The molecule has 0 spiro atoms. The summed E-state index contributed by atoms with van der Waals surface area (Å²) in [4.78, 5) is 12.3. The minimum atomic E-state index is -1.04. The lowest BCUT2D eigenvalue weighted by Gasteiger charge is -2.49. The van der Waals surface area contributed by atoms with Crippen molar-refractivity contribution in [3.05, 3.63) is 84.4 Å². The van der Waals surface area contributed by atoms with Gasteiger partial charge in [-0.3, -0.25) is 4.79 Å². The number of carbonyl (C=O) groups is 1.